The van der Waals surface area contributed by atoms with Gasteiger partial charge in [0.05, 0.1) is 6.61 Å². The summed E-state index contributed by atoms with van der Waals surface area (Å²) in [4.78, 5) is 16.8. The summed E-state index contributed by atoms with van der Waals surface area (Å²) in [6, 6.07) is 3.63. The van der Waals surface area contributed by atoms with Crippen LogP contribution in [0.4, 0.5) is 0 Å². The maximum absolute atomic E-state index is 11.5. The molecule has 2 aromatic heterocycles. The summed E-state index contributed by atoms with van der Waals surface area (Å²) in [6.45, 7) is 4.39. The Morgan fingerprint density at radius 2 is 2.29 bits per heavy atom. The fourth-order valence-electron chi connectivity index (χ4n) is 2.36. The number of hydrogen-bond acceptors (Lipinski definition) is 4. The van der Waals surface area contributed by atoms with E-state index >= 15 is 0 Å². The number of fused-ring (bicyclic) bond motifs is 1. The van der Waals surface area contributed by atoms with E-state index in [2.05, 4.69) is 4.98 Å². The summed E-state index contributed by atoms with van der Waals surface area (Å²) in [6.07, 6.45) is 2.64. The molecule has 3 aromatic rings. The van der Waals surface area contributed by atoms with Crippen molar-refractivity contribution in [2.45, 2.75) is 13.8 Å². The average Bonchev–Trinajstić information content (AvgIpc) is 3.01. The van der Waals surface area contributed by atoms with E-state index in [9.17, 15) is 4.79 Å². The molecule has 3 rings (SSSR count). The molecule has 0 unspecified atom stereocenters. The predicted molar refractivity (Wildman–Crippen MR) is 84.8 cm³/mol. The number of imidazole rings is 1. The highest BCUT2D eigenvalue weighted by atomic mass is 35.5. The number of aromatic nitrogens is 2. The Morgan fingerprint density at radius 1 is 1.48 bits per heavy atom. The van der Waals surface area contributed by atoms with Crippen molar-refractivity contribution in [2.75, 3.05) is 6.61 Å². The molecule has 108 valence electrons. The third kappa shape index (κ3) is 2.32. The SMILES string of the molecule is CCOc1c(C)cc(Cl)cc1-c1nc2sccn2c1C=O. The molecule has 0 fully saturated rings. The highest BCUT2D eigenvalue weighted by molar-refractivity contribution is 7.15. The van der Waals surface area contributed by atoms with Crippen molar-refractivity contribution in [3.63, 3.8) is 0 Å². The standard InChI is InChI=1S/C15H13ClN2O2S/c1-3-20-14-9(2)6-10(16)7-11(14)13-12(8-19)18-4-5-21-15(18)17-13/h4-8H,3H2,1-2H3. The summed E-state index contributed by atoms with van der Waals surface area (Å²) in [7, 11) is 0. The summed E-state index contributed by atoms with van der Waals surface area (Å²) in [5, 5.41) is 2.49. The quantitative estimate of drug-likeness (QED) is 0.675. The second-order valence-electron chi connectivity index (χ2n) is 4.55. The number of halogens is 1. The Hall–Kier alpha value is -1.85. The van der Waals surface area contributed by atoms with E-state index in [-0.39, 0.29) is 0 Å². The Labute approximate surface area is 131 Å². The lowest BCUT2D eigenvalue weighted by Crippen LogP contribution is -1.99. The lowest BCUT2D eigenvalue weighted by molar-refractivity contribution is 0.111. The first-order valence-corrected chi connectivity index (χ1v) is 7.75. The number of carbonyl (C=O) groups is 1. The zero-order valence-corrected chi connectivity index (χ0v) is 13.2. The van der Waals surface area contributed by atoms with Crippen LogP contribution in [0.15, 0.2) is 23.7 Å². The van der Waals surface area contributed by atoms with E-state index in [4.69, 9.17) is 16.3 Å². The van der Waals surface area contributed by atoms with Crippen molar-refractivity contribution in [3.05, 3.63) is 40.0 Å². The average molecular weight is 321 g/mol. The Bertz CT molecular complexity index is 823. The molecular formula is C15H13ClN2O2S. The number of thiazole rings is 1. The lowest BCUT2D eigenvalue weighted by Gasteiger charge is -2.12. The van der Waals surface area contributed by atoms with Crippen LogP contribution in [0.25, 0.3) is 16.2 Å². The molecule has 21 heavy (non-hydrogen) atoms. The smallest absolute Gasteiger partial charge is 0.194 e. The highest BCUT2D eigenvalue weighted by Crippen LogP contribution is 2.37. The number of rotatable bonds is 4. The number of nitrogens with zero attached hydrogens (tertiary/aromatic N) is 2. The molecule has 4 nitrogen and oxygen atoms in total. The fraction of sp³-hybridized carbons (Fsp3) is 0.200. The van der Waals surface area contributed by atoms with E-state index < -0.39 is 0 Å². The first kappa shape index (κ1) is 14.1. The topological polar surface area (TPSA) is 43.6 Å². The minimum Gasteiger partial charge on any atom is -0.493 e. The van der Waals surface area contributed by atoms with Gasteiger partial charge in [-0.2, -0.15) is 0 Å². The zero-order valence-electron chi connectivity index (χ0n) is 11.6. The lowest BCUT2D eigenvalue weighted by atomic mass is 10.1. The van der Waals surface area contributed by atoms with Gasteiger partial charge in [0.15, 0.2) is 11.2 Å². The highest BCUT2D eigenvalue weighted by Gasteiger charge is 2.19. The van der Waals surface area contributed by atoms with Crippen molar-refractivity contribution < 1.29 is 9.53 Å². The van der Waals surface area contributed by atoms with Crippen LogP contribution in [0.5, 0.6) is 5.75 Å². The zero-order chi connectivity index (χ0) is 15.0. The van der Waals surface area contributed by atoms with Crippen molar-refractivity contribution in [1.82, 2.24) is 9.38 Å². The van der Waals surface area contributed by atoms with Crippen LogP contribution in [0.3, 0.4) is 0 Å². The summed E-state index contributed by atoms with van der Waals surface area (Å²) in [5.74, 6) is 0.718. The van der Waals surface area contributed by atoms with Crippen molar-refractivity contribution >= 4 is 34.2 Å². The number of aryl methyl sites for hydroxylation is 1. The van der Waals surface area contributed by atoms with Crippen LogP contribution in [-0.4, -0.2) is 22.3 Å². The summed E-state index contributed by atoms with van der Waals surface area (Å²) >= 11 is 7.64. The maximum Gasteiger partial charge on any atom is 0.194 e. The largest absolute Gasteiger partial charge is 0.493 e. The fourth-order valence-corrected chi connectivity index (χ4v) is 3.35. The van der Waals surface area contributed by atoms with E-state index in [0.29, 0.717) is 23.0 Å². The van der Waals surface area contributed by atoms with Gasteiger partial charge in [-0.1, -0.05) is 11.6 Å². The van der Waals surface area contributed by atoms with E-state index in [1.54, 1.807) is 10.5 Å². The maximum atomic E-state index is 11.5. The predicted octanol–water partition coefficient (Wildman–Crippen LogP) is 4.24. The Balaban J connectivity index is 2.31. The monoisotopic (exact) mass is 320 g/mol. The molecule has 0 aliphatic carbocycles. The molecule has 0 radical (unpaired) electrons. The van der Waals surface area contributed by atoms with Crippen LogP contribution >= 0.6 is 22.9 Å². The number of carbonyl (C=O) groups excluding carboxylic acids is 1. The molecule has 1 aromatic carbocycles. The van der Waals surface area contributed by atoms with Crippen LogP contribution in [-0.2, 0) is 0 Å². The van der Waals surface area contributed by atoms with Gasteiger partial charge in [-0.25, -0.2) is 4.98 Å². The van der Waals surface area contributed by atoms with Gasteiger partial charge in [-0.3, -0.25) is 9.20 Å². The van der Waals surface area contributed by atoms with Crippen molar-refractivity contribution in [2.24, 2.45) is 0 Å². The number of hydrogen-bond donors (Lipinski definition) is 0. The van der Waals surface area contributed by atoms with Crippen molar-refractivity contribution in [3.8, 4) is 17.0 Å². The minimum atomic E-state index is 0.508. The first-order chi connectivity index (χ1) is 10.2. The molecule has 0 aliphatic heterocycles. The van der Waals surface area contributed by atoms with Crippen LogP contribution in [0, 0.1) is 6.92 Å². The van der Waals surface area contributed by atoms with E-state index in [0.717, 1.165) is 28.1 Å². The van der Waals surface area contributed by atoms with E-state index in [1.807, 2.05) is 31.5 Å². The minimum absolute atomic E-state index is 0.508. The third-order valence-electron chi connectivity index (χ3n) is 3.19. The van der Waals surface area contributed by atoms with Crippen molar-refractivity contribution in [1.29, 1.82) is 0 Å². The molecule has 0 atom stereocenters. The second-order valence-corrected chi connectivity index (χ2v) is 5.86. The van der Waals surface area contributed by atoms with Gasteiger partial charge in [-0.05, 0) is 31.5 Å². The van der Waals surface area contributed by atoms with Gasteiger partial charge < -0.3 is 4.74 Å². The van der Waals surface area contributed by atoms with Crippen LogP contribution < -0.4 is 4.74 Å². The number of aldehydes is 1. The normalized spacial score (nSPS) is 11.0. The molecule has 0 amide bonds. The first-order valence-electron chi connectivity index (χ1n) is 6.49. The van der Waals surface area contributed by atoms with Crippen LogP contribution in [0.1, 0.15) is 23.0 Å². The molecule has 0 aliphatic rings. The molecule has 2 heterocycles. The Kier molecular flexibility index (Phi) is 3.69. The van der Waals surface area contributed by atoms with Gasteiger partial charge in [0.1, 0.15) is 17.1 Å². The van der Waals surface area contributed by atoms with Crippen LogP contribution in [0.2, 0.25) is 5.02 Å². The molecule has 0 bridgehead atoms. The van der Waals surface area contributed by atoms with Gasteiger partial charge in [0, 0.05) is 22.2 Å². The molecular weight excluding hydrogens is 308 g/mol. The van der Waals surface area contributed by atoms with Gasteiger partial charge in [0.25, 0.3) is 0 Å². The Morgan fingerprint density at radius 3 is 3.00 bits per heavy atom. The summed E-state index contributed by atoms with van der Waals surface area (Å²) in [5.41, 5.74) is 2.78. The molecule has 0 saturated heterocycles. The van der Waals surface area contributed by atoms with Gasteiger partial charge in [0.2, 0.25) is 0 Å². The molecule has 6 heteroatoms. The van der Waals surface area contributed by atoms with E-state index in [1.165, 1.54) is 11.3 Å². The molecule has 0 saturated carbocycles. The van der Waals surface area contributed by atoms with Gasteiger partial charge in [-0.15, -0.1) is 11.3 Å². The number of benzene rings is 1. The summed E-state index contributed by atoms with van der Waals surface area (Å²) < 4.78 is 7.51. The van der Waals surface area contributed by atoms with Gasteiger partial charge >= 0.3 is 0 Å². The number of ether oxygens (including phenoxy) is 1. The second kappa shape index (κ2) is 5.50. The molecule has 0 N–H and O–H groups in total. The third-order valence-corrected chi connectivity index (χ3v) is 4.17. The molecule has 0 spiro atoms.